The van der Waals surface area contributed by atoms with E-state index in [4.69, 9.17) is 0 Å². The molecule has 0 aliphatic carbocycles. The SMILES string of the molecule is CCNC(=NCC(CO)c1ccccc1)NCCCCNc1ccccn1. The summed E-state index contributed by atoms with van der Waals surface area (Å²) in [5, 5.41) is 19.6. The van der Waals surface area contributed by atoms with Gasteiger partial charge in [-0.1, -0.05) is 36.4 Å². The van der Waals surface area contributed by atoms with E-state index >= 15 is 0 Å². The maximum atomic E-state index is 9.67. The lowest BCUT2D eigenvalue weighted by Gasteiger charge is -2.15. The Morgan fingerprint density at radius 2 is 1.81 bits per heavy atom. The summed E-state index contributed by atoms with van der Waals surface area (Å²) in [6, 6.07) is 15.9. The first-order valence-electron chi connectivity index (χ1n) is 9.66. The second-order valence-electron chi connectivity index (χ2n) is 6.29. The predicted octanol–water partition coefficient (Wildman–Crippen LogP) is 2.60. The van der Waals surface area contributed by atoms with Gasteiger partial charge in [-0.25, -0.2) is 4.98 Å². The number of aliphatic hydroxyl groups is 1. The number of hydrogen-bond acceptors (Lipinski definition) is 4. The van der Waals surface area contributed by atoms with Crippen molar-refractivity contribution in [2.75, 3.05) is 38.1 Å². The fourth-order valence-corrected chi connectivity index (χ4v) is 2.68. The highest BCUT2D eigenvalue weighted by Crippen LogP contribution is 2.14. The molecule has 0 spiro atoms. The van der Waals surface area contributed by atoms with Gasteiger partial charge in [0.1, 0.15) is 5.82 Å². The first kappa shape index (κ1) is 20.7. The Bertz CT molecular complexity index is 648. The van der Waals surface area contributed by atoms with Crippen LogP contribution < -0.4 is 16.0 Å². The molecule has 0 bridgehead atoms. The molecule has 6 nitrogen and oxygen atoms in total. The first-order chi connectivity index (χ1) is 13.3. The molecule has 0 aliphatic heterocycles. The molecule has 1 aromatic heterocycles. The van der Waals surface area contributed by atoms with E-state index in [0.29, 0.717) is 6.54 Å². The van der Waals surface area contributed by atoms with E-state index in [-0.39, 0.29) is 12.5 Å². The molecule has 1 aromatic carbocycles. The minimum Gasteiger partial charge on any atom is -0.396 e. The summed E-state index contributed by atoms with van der Waals surface area (Å²) in [5.74, 6) is 1.73. The highest BCUT2D eigenvalue weighted by Gasteiger charge is 2.09. The topological polar surface area (TPSA) is 81.6 Å². The summed E-state index contributed by atoms with van der Waals surface area (Å²) >= 11 is 0. The van der Waals surface area contributed by atoms with Crippen LogP contribution in [-0.4, -0.2) is 48.8 Å². The van der Waals surface area contributed by atoms with Crippen molar-refractivity contribution in [3.63, 3.8) is 0 Å². The zero-order valence-electron chi connectivity index (χ0n) is 16.1. The minimum absolute atomic E-state index is 0.0178. The van der Waals surface area contributed by atoms with Gasteiger partial charge in [0, 0.05) is 31.7 Å². The van der Waals surface area contributed by atoms with Gasteiger partial charge in [-0.3, -0.25) is 4.99 Å². The minimum atomic E-state index is 0.0178. The maximum Gasteiger partial charge on any atom is 0.191 e. The van der Waals surface area contributed by atoms with Crippen LogP contribution >= 0.6 is 0 Å². The lowest BCUT2D eigenvalue weighted by atomic mass is 10.0. The van der Waals surface area contributed by atoms with Crippen molar-refractivity contribution in [3.05, 3.63) is 60.3 Å². The van der Waals surface area contributed by atoms with Crippen molar-refractivity contribution in [2.24, 2.45) is 4.99 Å². The second kappa shape index (κ2) is 12.7. The summed E-state index contributed by atoms with van der Waals surface area (Å²) < 4.78 is 0. The van der Waals surface area contributed by atoms with Gasteiger partial charge in [0.15, 0.2) is 5.96 Å². The van der Waals surface area contributed by atoms with Gasteiger partial charge in [0.25, 0.3) is 0 Å². The number of aliphatic imine (C=N–C) groups is 1. The number of anilines is 1. The zero-order valence-corrected chi connectivity index (χ0v) is 16.1. The summed E-state index contributed by atoms with van der Waals surface area (Å²) in [5.41, 5.74) is 1.11. The van der Waals surface area contributed by atoms with Crippen LogP contribution in [-0.2, 0) is 0 Å². The van der Waals surface area contributed by atoms with Crippen molar-refractivity contribution >= 4 is 11.8 Å². The molecule has 146 valence electrons. The molecule has 0 fully saturated rings. The average molecular weight is 370 g/mol. The van der Waals surface area contributed by atoms with E-state index < -0.39 is 0 Å². The summed E-state index contributed by atoms with van der Waals surface area (Å²) in [7, 11) is 0. The zero-order chi connectivity index (χ0) is 19.2. The van der Waals surface area contributed by atoms with Crippen LogP contribution in [0.3, 0.4) is 0 Å². The molecule has 0 saturated heterocycles. The fraction of sp³-hybridized carbons (Fsp3) is 0.429. The number of unbranched alkanes of at least 4 members (excludes halogenated alkanes) is 1. The second-order valence-corrected chi connectivity index (χ2v) is 6.29. The molecule has 4 N–H and O–H groups in total. The molecule has 0 saturated carbocycles. The highest BCUT2D eigenvalue weighted by molar-refractivity contribution is 5.79. The van der Waals surface area contributed by atoms with Crippen LogP contribution in [0.5, 0.6) is 0 Å². The molecular weight excluding hydrogens is 338 g/mol. The van der Waals surface area contributed by atoms with Gasteiger partial charge in [0.05, 0.1) is 13.2 Å². The Morgan fingerprint density at radius 1 is 1.04 bits per heavy atom. The maximum absolute atomic E-state index is 9.67. The Morgan fingerprint density at radius 3 is 2.52 bits per heavy atom. The molecule has 1 atom stereocenters. The number of nitrogens with zero attached hydrogens (tertiary/aromatic N) is 2. The molecule has 1 heterocycles. The Kier molecular flexibility index (Phi) is 9.74. The fourth-order valence-electron chi connectivity index (χ4n) is 2.68. The number of pyridine rings is 1. The van der Waals surface area contributed by atoms with Gasteiger partial charge < -0.3 is 21.1 Å². The van der Waals surface area contributed by atoms with Gasteiger partial charge in [-0.15, -0.1) is 0 Å². The van der Waals surface area contributed by atoms with Crippen molar-refractivity contribution in [2.45, 2.75) is 25.7 Å². The molecule has 6 heteroatoms. The quantitative estimate of drug-likeness (QED) is 0.278. The van der Waals surface area contributed by atoms with Crippen molar-refractivity contribution in [3.8, 4) is 0 Å². The van der Waals surface area contributed by atoms with Crippen molar-refractivity contribution in [1.29, 1.82) is 0 Å². The van der Waals surface area contributed by atoms with E-state index in [1.807, 2.05) is 48.5 Å². The summed E-state index contributed by atoms with van der Waals surface area (Å²) in [6.07, 6.45) is 3.87. The third kappa shape index (κ3) is 8.09. The average Bonchev–Trinajstić information content (AvgIpc) is 2.72. The van der Waals surface area contributed by atoms with Crippen LogP contribution in [0.4, 0.5) is 5.82 Å². The highest BCUT2D eigenvalue weighted by atomic mass is 16.3. The van der Waals surface area contributed by atoms with Gasteiger partial charge in [-0.2, -0.15) is 0 Å². The standard InChI is InChI=1S/C21H31N5O/c1-2-22-21(26-16-19(17-27)18-10-4-3-5-11-18)25-15-9-8-14-24-20-12-6-7-13-23-20/h3-7,10-13,19,27H,2,8-9,14-17H2,1H3,(H,23,24)(H2,22,25,26). The molecular formula is C21H31N5O. The van der Waals surface area contributed by atoms with Gasteiger partial charge in [0.2, 0.25) is 0 Å². The van der Waals surface area contributed by atoms with Gasteiger partial charge >= 0.3 is 0 Å². The van der Waals surface area contributed by atoms with Crippen LogP contribution in [0.25, 0.3) is 0 Å². The largest absolute Gasteiger partial charge is 0.396 e. The number of aromatic nitrogens is 1. The number of rotatable bonds is 11. The van der Waals surface area contributed by atoms with Crippen LogP contribution in [0, 0.1) is 0 Å². The monoisotopic (exact) mass is 369 g/mol. The number of hydrogen-bond donors (Lipinski definition) is 4. The Hall–Kier alpha value is -2.60. The summed E-state index contributed by atoms with van der Waals surface area (Å²) in [6.45, 7) is 5.25. The Labute approximate surface area is 162 Å². The lowest BCUT2D eigenvalue weighted by molar-refractivity contribution is 0.268. The Balaban J connectivity index is 1.71. The molecule has 27 heavy (non-hydrogen) atoms. The van der Waals surface area contributed by atoms with E-state index in [2.05, 4.69) is 32.9 Å². The van der Waals surface area contributed by atoms with E-state index in [0.717, 1.165) is 49.8 Å². The lowest BCUT2D eigenvalue weighted by Crippen LogP contribution is -2.38. The third-order valence-electron chi connectivity index (χ3n) is 4.17. The summed E-state index contributed by atoms with van der Waals surface area (Å²) in [4.78, 5) is 8.88. The van der Waals surface area contributed by atoms with Crippen molar-refractivity contribution < 1.29 is 5.11 Å². The number of nitrogens with one attached hydrogen (secondary N) is 3. The number of benzene rings is 1. The predicted molar refractivity (Wildman–Crippen MR) is 112 cm³/mol. The van der Waals surface area contributed by atoms with Crippen LogP contribution in [0.15, 0.2) is 59.7 Å². The molecule has 0 amide bonds. The van der Waals surface area contributed by atoms with E-state index in [9.17, 15) is 5.11 Å². The molecule has 1 unspecified atom stereocenters. The van der Waals surface area contributed by atoms with Gasteiger partial charge in [-0.05, 0) is 37.5 Å². The smallest absolute Gasteiger partial charge is 0.191 e. The molecule has 2 rings (SSSR count). The molecule has 2 aromatic rings. The van der Waals surface area contributed by atoms with Crippen molar-refractivity contribution in [1.82, 2.24) is 15.6 Å². The molecule has 0 radical (unpaired) electrons. The van der Waals surface area contributed by atoms with E-state index in [1.54, 1.807) is 6.20 Å². The number of aliphatic hydroxyl groups excluding tert-OH is 1. The van der Waals surface area contributed by atoms with Crippen LogP contribution in [0.1, 0.15) is 31.2 Å². The normalized spacial score (nSPS) is 12.4. The first-order valence-corrected chi connectivity index (χ1v) is 9.66. The molecule has 0 aliphatic rings. The third-order valence-corrected chi connectivity index (χ3v) is 4.17. The van der Waals surface area contributed by atoms with E-state index in [1.165, 1.54) is 0 Å². The number of guanidine groups is 1. The van der Waals surface area contributed by atoms with Crippen LogP contribution in [0.2, 0.25) is 0 Å².